The molecule has 0 spiro atoms. The van der Waals surface area contributed by atoms with Gasteiger partial charge in [-0.2, -0.15) is 0 Å². The fraction of sp³-hybridized carbons (Fsp3) is 0.583. The molecule has 0 heterocycles. The fourth-order valence-electron chi connectivity index (χ4n) is 2.34. The van der Waals surface area contributed by atoms with Crippen LogP contribution in [0.2, 0.25) is 0 Å². The summed E-state index contributed by atoms with van der Waals surface area (Å²) in [4.78, 5) is 20.1. The molecular formula is C24H40O4. The van der Waals surface area contributed by atoms with Gasteiger partial charge in [0.15, 0.2) is 0 Å². The van der Waals surface area contributed by atoms with Gasteiger partial charge in [-0.1, -0.05) is 81.6 Å². The summed E-state index contributed by atoms with van der Waals surface area (Å²) in [7, 11) is 0. The maximum absolute atomic E-state index is 10.3. The summed E-state index contributed by atoms with van der Waals surface area (Å²) >= 11 is 0. The molecule has 2 N–H and O–H groups in total. The summed E-state index contributed by atoms with van der Waals surface area (Å²) in [5.41, 5.74) is 0. The minimum atomic E-state index is -0.914. The molecule has 0 aliphatic carbocycles. The van der Waals surface area contributed by atoms with Gasteiger partial charge in [0.2, 0.25) is 0 Å². The second-order valence-electron chi connectivity index (χ2n) is 6.60. The molecule has 0 aromatic rings. The molecule has 0 aliphatic rings. The number of carboxylic acids is 2. The first-order valence-corrected chi connectivity index (χ1v) is 10.6. The summed E-state index contributed by atoms with van der Waals surface area (Å²) in [6, 6.07) is 0. The Morgan fingerprint density at radius 2 is 1.32 bits per heavy atom. The zero-order valence-electron chi connectivity index (χ0n) is 17.8. The number of hydrogen-bond donors (Lipinski definition) is 2. The minimum absolute atomic E-state index is 0.324. The first-order chi connectivity index (χ1) is 13.5. The van der Waals surface area contributed by atoms with E-state index >= 15 is 0 Å². The molecule has 160 valence electrons. The van der Waals surface area contributed by atoms with Gasteiger partial charge in [-0.05, 0) is 45.4 Å². The van der Waals surface area contributed by atoms with Crippen molar-refractivity contribution in [3.05, 3.63) is 48.6 Å². The molecule has 0 aromatic carbocycles. The summed E-state index contributed by atoms with van der Waals surface area (Å²) in [5, 5.41) is 16.5. The molecule has 0 rings (SSSR count). The molecule has 0 unspecified atom stereocenters. The highest BCUT2D eigenvalue weighted by molar-refractivity contribution is 5.80. The highest BCUT2D eigenvalue weighted by atomic mass is 16.4. The predicted molar refractivity (Wildman–Crippen MR) is 119 cm³/mol. The van der Waals surface area contributed by atoms with Gasteiger partial charge < -0.3 is 10.2 Å². The second kappa shape index (κ2) is 24.9. The summed E-state index contributed by atoms with van der Waals surface area (Å²) in [6.45, 7) is 4.06. The Hall–Kier alpha value is -2.10. The average Bonchev–Trinajstić information content (AvgIpc) is 2.65. The van der Waals surface area contributed by atoms with Crippen molar-refractivity contribution >= 4 is 11.9 Å². The molecule has 0 aliphatic heterocycles. The molecule has 0 radical (unpaired) electrons. The largest absolute Gasteiger partial charge is 0.481 e. The third-order valence-corrected chi connectivity index (χ3v) is 3.88. The Bertz CT molecular complexity index is 473. The van der Waals surface area contributed by atoms with Gasteiger partial charge in [0.05, 0.1) is 0 Å². The first kappa shape index (κ1) is 28.1. The fourth-order valence-corrected chi connectivity index (χ4v) is 2.34. The van der Waals surface area contributed by atoms with Crippen molar-refractivity contribution < 1.29 is 19.8 Å². The Kier molecular flexibility index (Phi) is 25.0. The highest BCUT2D eigenvalue weighted by Gasteiger charge is 1.95. The summed E-state index contributed by atoms with van der Waals surface area (Å²) in [6.07, 6.45) is 28.3. The molecule has 0 saturated heterocycles. The number of carbonyl (C=O) groups is 2. The van der Waals surface area contributed by atoms with E-state index in [9.17, 15) is 9.59 Å². The van der Waals surface area contributed by atoms with E-state index in [2.05, 4.69) is 31.2 Å². The van der Waals surface area contributed by atoms with E-state index in [4.69, 9.17) is 10.2 Å². The second-order valence-corrected chi connectivity index (χ2v) is 6.60. The van der Waals surface area contributed by atoms with Crippen LogP contribution in [0.3, 0.4) is 0 Å². The summed E-state index contributed by atoms with van der Waals surface area (Å²) < 4.78 is 0. The minimum Gasteiger partial charge on any atom is -0.481 e. The average molecular weight is 393 g/mol. The smallest absolute Gasteiger partial charge is 0.328 e. The van der Waals surface area contributed by atoms with Crippen molar-refractivity contribution in [2.24, 2.45) is 0 Å². The quantitative estimate of drug-likeness (QED) is 0.127. The summed E-state index contributed by atoms with van der Waals surface area (Å²) in [5.74, 6) is -1.58. The van der Waals surface area contributed by atoms with E-state index in [-0.39, 0.29) is 0 Å². The lowest BCUT2D eigenvalue weighted by atomic mass is 10.1. The van der Waals surface area contributed by atoms with Crippen LogP contribution in [0.15, 0.2) is 48.6 Å². The molecule has 0 fully saturated rings. The lowest BCUT2D eigenvalue weighted by Crippen LogP contribution is -1.93. The molecule has 4 heteroatoms. The van der Waals surface area contributed by atoms with Crippen LogP contribution in [0.4, 0.5) is 0 Å². The molecular weight excluding hydrogens is 352 g/mol. The molecule has 28 heavy (non-hydrogen) atoms. The third kappa shape index (κ3) is 31.6. The standard InChI is InChI=1S/C18H32O2.C6H8O2/c1-2-3-4-5-6-7-8-9-10-11-12-13-14-15-16-17-18(19)20;1-2-3-4-5-6(7)8/h6-7,9-10H,2-5,8,11-17H2,1H3,(H,19,20);2-5H,1H3,(H,7,8)/b7-6-,10-9-;3-2+,5-4+. The van der Waals surface area contributed by atoms with Crippen LogP contribution in [0.5, 0.6) is 0 Å². The normalized spacial score (nSPS) is 11.5. The third-order valence-electron chi connectivity index (χ3n) is 3.88. The van der Waals surface area contributed by atoms with E-state index in [0.29, 0.717) is 6.42 Å². The monoisotopic (exact) mass is 392 g/mol. The Morgan fingerprint density at radius 1 is 0.750 bits per heavy atom. The Labute approximate surface area is 171 Å². The van der Waals surface area contributed by atoms with Crippen LogP contribution >= 0.6 is 0 Å². The zero-order valence-corrected chi connectivity index (χ0v) is 17.8. The van der Waals surface area contributed by atoms with Crippen molar-refractivity contribution in [3.8, 4) is 0 Å². The van der Waals surface area contributed by atoms with Crippen LogP contribution in [0.25, 0.3) is 0 Å². The first-order valence-electron chi connectivity index (χ1n) is 10.6. The lowest BCUT2D eigenvalue weighted by Gasteiger charge is -1.98. The number of aliphatic carboxylic acids is 2. The van der Waals surface area contributed by atoms with Crippen LogP contribution in [0, 0.1) is 0 Å². The Morgan fingerprint density at radius 3 is 1.86 bits per heavy atom. The van der Waals surface area contributed by atoms with Gasteiger partial charge in [0.25, 0.3) is 0 Å². The zero-order chi connectivity index (χ0) is 21.3. The van der Waals surface area contributed by atoms with Crippen LogP contribution in [-0.2, 0) is 9.59 Å². The van der Waals surface area contributed by atoms with Crippen molar-refractivity contribution in [2.45, 2.75) is 90.9 Å². The SMILES string of the molecule is C/C=C/C=C/C(=O)O.CCCCC/C=C\C/C=C\CCCCCCCC(=O)O. The van der Waals surface area contributed by atoms with Gasteiger partial charge in [0.1, 0.15) is 0 Å². The molecule has 0 bridgehead atoms. The maximum Gasteiger partial charge on any atom is 0.328 e. The maximum atomic E-state index is 10.3. The molecule has 0 atom stereocenters. The number of hydrogen-bond acceptors (Lipinski definition) is 2. The Balaban J connectivity index is 0. The van der Waals surface area contributed by atoms with E-state index in [1.807, 2.05) is 6.92 Å². The van der Waals surface area contributed by atoms with Crippen LogP contribution in [-0.4, -0.2) is 22.2 Å². The van der Waals surface area contributed by atoms with Gasteiger partial charge in [-0.15, -0.1) is 0 Å². The van der Waals surface area contributed by atoms with Crippen molar-refractivity contribution in [3.63, 3.8) is 0 Å². The van der Waals surface area contributed by atoms with Gasteiger partial charge in [-0.25, -0.2) is 4.79 Å². The van der Waals surface area contributed by atoms with Crippen molar-refractivity contribution in [2.75, 3.05) is 0 Å². The van der Waals surface area contributed by atoms with E-state index in [0.717, 1.165) is 31.8 Å². The molecule has 0 aromatic heterocycles. The van der Waals surface area contributed by atoms with Gasteiger partial charge in [-0.3, -0.25) is 4.79 Å². The van der Waals surface area contributed by atoms with Crippen molar-refractivity contribution in [1.82, 2.24) is 0 Å². The number of allylic oxidation sites excluding steroid dienone is 7. The lowest BCUT2D eigenvalue weighted by molar-refractivity contribution is -0.137. The van der Waals surface area contributed by atoms with Crippen LogP contribution < -0.4 is 0 Å². The number of unbranched alkanes of at least 4 members (excludes halogenated alkanes) is 8. The van der Waals surface area contributed by atoms with Crippen LogP contribution in [0.1, 0.15) is 90.9 Å². The van der Waals surface area contributed by atoms with Crippen molar-refractivity contribution in [1.29, 1.82) is 0 Å². The van der Waals surface area contributed by atoms with E-state index in [1.165, 1.54) is 51.0 Å². The van der Waals surface area contributed by atoms with Gasteiger partial charge >= 0.3 is 11.9 Å². The molecule has 0 amide bonds. The highest BCUT2D eigenvalue weighted by Crippen LogP contribution is 2.08. The number of carboxylic acid groups (broad SMARTS) is 2. The van der Waals surface area contributed by atoms with E-state index < -0.39 is 11.9 Å². The predicted octanol–water partition coefficient (Wildman–Crippen LogP) is 7.09. The number of rotatable bonds is 16. The van der Waals surface area contributed by atoms with E-state index in [1.54, 1.807) is 12.2 Å². The molecule has 0 saturated carbocycles. The van der Waals surface area contributed by atoms with Gasteiger partial charge in [0, 0.05) is 12.5 Å². The topological polar surface area (TPSA) is 74.6 Å². The molecule has 4 nitrogen and oxygen atoms in total.